The second-order valence-corrected chi connectivity index (χ2v) is 10.4. The van der Waals surface area contributed by atoms with Crippen molar-refractivity contribution in [3.05, 3.63) is 77.2 Å². The number of pyridine rings is 1. The number of hydrogen-bond acceptors (Lipinski definition) is 8. The van der Waals surface area contributed by atoms with Crippen molar-refractivity contribution in [1.29, 1.82) is 5.26 Å². The molecule has 15 heteroatoms. The van der Waals surface area contributed by atoms with Crippen molar-refractivity contribution in [2.45, 2.75) is 25.9 Å². The van der Waals surface area contributed by atoms with E-state index >= 15 is 0 Å². The Morgan fingerprint density at radius 3 is 2.47 bits per heavy atom. The lowest BCUT2D eigenvalue weighted by Gasteiger charge is -2.15. The topological polar surface area (TPSA) is 154 Å². The molecule has 0 spiro atoms. The molecule has 1 amide bonds. The van der Waals surface area contributed by atoms with E-state index in [0.29, 0.717) is 29.8 Å². The van der Waals surface area contributed by atoms with Crippen LogP contribution >= 0.6 is 0 Å². The van der Waals surface area contributed by atoms with Gasteiger partial charge in [0, 0.05) is 23.7 Å². The van der Waals surface area contributed by atoms with E-state index in [0.717, 1.165) is 12.1 Å². The number of fused-ring (bicyclic) bond motifs is 1. The maximum absolute atomic E-state index is 13.7. The molecule has 3 heterocycles. The normalized spacial score (nSPS) is 11.6. The van der Waals surface area contributed by atoms with Crippen LogP contribution < -0.4 is 5.32 Å². The number of alkyl halides is 3. The van der Waals surface area contributed by atoms with Crippen LogP contribution in [0.4, 0.5) is 19.1 Å². The van der Waals surface area contributed by atoms with Crippen LogP contribution in [-0.2, 0) is 11.0 Å². The molecule has 45 heavy (non-hydrogen) atoms. The number of amides is 1. The first-order chi connectivity index (χ1) is 21.3. The minimum absolute atomic E-state index is 0.0505. The minimum atomic E-state index is -4.62. The first kappa shape index (κ1) is 30.8. The predicted molar refractivity (Wildman–Crippen MR) is 157 cm³/mol. The molecule has 12 nitrogen and oxygen atoms in total. The molecule has 0 atom stereocenters. The molecular weight excluding hydrogens is 591 g/mol. The Balaban J connectivity index is 1.71. The van der Waals surface area contributed by atoms with Crippen molar-refractivity contribution >= 4 is 23.5 Å². The zero-order valence-corrected chi connectivity index (χ0v) is 24.3. The average Bonchev–Trinajstić information content (AvgIpc) is 3.60. The molecule has 2 N–H and O–H groups in total. The number of anilines is 1. The third-order valence-corrected chi connectivity index (χ3v) is 6.90. The number of aromatic carboxylic acids is 1. The highest BCUT2D eigenvalue weighted by atomic mass is 19.4. The fraction of sp³-hybridized carbons (Fsp3) is 0.233. The maximum atomic E-state index is 13.7. The van der Waals surface area contributed by atoms with Crippen LogP contribution in [0.3, 0.4) is 0 Å². The van der Waals surface area contributed by atoms with E-state index in [1.807, 2.05) is 25.1 Å². The molecule has 0 aliphatic heterocycles. The van der Waals surface area contributed by atoms with Crippen LogP contribution in [0.1, 0.15) is 40.2 Å². The van der Waals surface area contributed by atoms with Crippen molar-refractivity contribution < 1.29 is 27.9 Å². The van der Waals surface area contributed by atoms with Gasteiger partial charge < -0.3 is 10.0 Å². The van der Waals surface area contributed by atoms with Crippen LogP contribution in [0, 0.1) is 18.3 Å². The van der Waals surface area contributed by atoms with Crippen molar-refractivity contribution in [2.24, 2.45) is 0 Å². The molecular formula is C30H26F3N9O3. The van der Waals surface area contributed by atoms with Crippen LogP contribution in [-0.4, -0.2) is 71.9 Å². The van der Waals surface area contributed by atoms with E-state index < -0.39 is 23.5 Å². The lowest BCUT2D eigenvalue weighted by Crippen LogP contribution is -2.17. The molecule has 0 fully saturated rings. The number of benzene rings is 2. The molecule has 3 aromatic heterocycles. The molecule has 0 saturated heterocycles. The minimum Gasteiger partial charge on any atom is -0.475 e. The predicted octanol–water partition coefficient (Wildman–Crippen LogP) is 4.82. The second-order valence-electron chi connectivity index (χ2n) is 10.4. The zero-order valence-electron chi connectivity index (χ0n) is 24.3. The first-order valence-electron chi connectivity index (χ1n) is 13.6. The van der Waals surface area contributed by atoms with Crippen molar-refractivity contribution in [1.82, 2.24) is 34.3 Å². The van der Waals surface area contributed by atoms with E-state index in [-0.39, 0.29) is 46.4 Å². The summed E-state index contributed by atoms with van der Waals surface area (Å²) in [6.07, 6.45) is -2.35. The third kappa shape index (κ3) is 6.50. The van der Waals surface area contributed by atoms with Gasteiger partial charge in [-0.3, -0.25) is 10.1 Å². The summed E-state index contributed by atoms with van der Waals surface area (Å²) in [5, 5.41) is 30.1. The van der Waals surface area contributed by atoms with E-state index in [4.69, 9.17) is 0 Å². The Labute approximate surface area is 254 Å². The van der Waals surface area contributed by atoms with Crippen molar-refractivity contribution in [3.8, 4) is 34.3 Å². The number of rotatable bonds is 9. The van der Waals surface area contributed by atoms with E-state index in [1.165, 1.54) is 39.7 Å². The highest BCUT2D eigenvalue weighted by Gasteiger charge is 2.31. The summed E-state index contributed by atoms with van der Waals surface area (Å²) in [6, 6.07) is 12.9. The van der Waals surface area contributed by atoms with Gasteiger partial charge in [-0.1, -0.05) is 12.1 Å². The molecule has 0 aliphatic carbocycles. The smallest absolute Gasteiger partial charge is 0.416 e. The van der Waals surface area contributed by atoms with Crippen LogP contribution in [0.5, 0.6) is 0 Å². The summed E-state index contributed by atoms with van der Waals surface area (Å²) in [4.78, 5) is 35.1. The van der Waals surface area contributed by atoms with Gasteiger partial charge in [-0.25, -0.2) is 19.0 Å². The highest BCUT2D eigenvalue weighted by Crippen LogP contribution is 2.38. The molecule has 5 aromatic rings. The summed E-state index contributed by atoms with van der Waals surface area (Å²) in [6.45, 7) is 2.32. The van der Waals surface area contributed by atoms with Gasteiger partial charge in [-0.2, -0.15) is 23.4 Å². The SMILES string of the molecule is Cc1c(-c2nc(C(=O)O)nn2-c2ccc(C#N)cc2)cn2nc(NC(=O)CCCN(C)C)nc2c1-c1cccc(C(F)(F)F)c1. The van der Waals surface area contributed by atoms with Gasteiger partial charge in [-0.15, -0.1) is 10.2 Å². The lowest BCUT2D eigenvalue weighted by molar-refractivity contribution is -0.137. The first-order valence-corrected chi connectivity index (χ1v) is 13.6. The van der Waals surface area contributed by atoms with Gasteiger partial charge >= 0.3 is 12.1 Å². The second kappa shape index (κ2) is 12.2. The summed E-state index contributed by atoms with van der Waals surface area (Å²) >= 11 is 0. The molecule has 230 valence electrons. The zero-order chi connectivity index (χ0) is 32.5. The summed E-state index contributed by atoms with van der Waals surface area (Å²) in [7, 11) is 3.77. The summed E-state index contributed by atoms with van der Waals surface area (Å²) in [5.41, 5.74) is 1.12. The van der Waals surface area contributed by atoms with Gasteiger partial charge in [0.25, 0.3) is 5.82 Å². The van der Waals surface area contributed by atoms with Gasteiger partial charge in [0.15, 0.2) is 11.5 Å². The number of carbonyl (C=O) groups excluding carboxylic acids is 1. The van der Waals surface area contributed by atoms with E-state index in [2.05, 4.69) is 25.5 Å². The van der Waals surface area contributed by atoms with Crippen molar-refractivity contribution in [2.75, 3.05) is 26.0 Å². The Hall–Kier alpha value is -5.62. The number of carboxylic acids is 1. The summed E-state index contributed by atoms with van der Waals surface area (Å²) in [5.74, 6) is -2.28. The standard InChI is InChI=1S/C30H26F3N9O3/c1-17-22(26-36-25(28(44)45)38-42(26)21-11-9-18(15-34)10-12-21)16-41-27(24(17)19-6-4-7-20(14-19)30(31,32)33)37-29(39-41)35-23(43)8-5-13-40(2)3/h4,6-7,9-12,14,16H,5,8,13H2,1-3H3,(H,44,45)(H,35,39,43). The quantitative estimate of drug-likeness (QED) is 0.237. The molecule has 2 aromatic carbocycles. The molecule has 0 saturated carbocycles. The number of carbonyl (C=O) groups is 2. The third-order valence-electron chi connectivity index (χ3n) is 6.90. The van der Waals surface area contributed by atoms with Crippen molar-refractivity contribution in [3.63, 3.8) is 0 Å². The summed E-state index contributed by atoms with van der Waals surface area (Å²) < 4.78 is 43.8. The van der Waals surface area contributed by atoms with E-state index in [1.54, 1.807) is 19.1 Å². The van der Waals surface area contributed by atoms with Gasteiger partial charge in [0.2, 0.25) is 11.9 Å². The number of halogens is 3. The van der Waals surface area contributed by atoms with Crippen LogP contribution in [0.15, 0.2) is 54.7 Å². The fourth-order valence-corrected chi connectivity index (χ4v) is 4.76. The number of carboxylic acid groups (broad SMARTS) is 1. The number of nitrogens with one attached hydrogen (secondary N) is 1. The fourth-order valence-electron chi connectivity index (χ4n) is 4.76. The molecule has 5 rings (SSSR count). The Morgan fingerprint density at radius 1 is 1.09 bits per heavy atom. The van der Waals surface area contributed by atoms with Gasteiger partial charge in [-0.05, 0) is 81.5 Å². The molecule has 0 aliphatic rings. The van der Waals surface area contributed by atoms with Crippen LogP contribution in [0.2, 0.25) is 0 Å². The van der Waals surface area contributed by atoms with Gasteiger partial charge in [0.05, 0.1) is 22.9 Å². The van der Waals surface area contributed by atoms with Gasteiger partial charge in [0.1, 0.15) is 0 Å². The highest BCUT2D eigenvalue weighted by molar-refractivity contribution is 5.91. The van der Waals surface area contributed by atoms with Crippen LogP contribution in [0.25, 0.3) is 33.8 Å². The van der Waals surface area contributed by atoms with E-state index in [9.17, 15) is 33.1 Å². The lowest BCUT2D eigenvalue weighted by atomic mass is 9.96. The molecule has 0 unspecified atom stereocenters. The monoisotopic (exact) mass is 617 g/mol. The largest absolute Gasteiger partial charge is 0.475 e. The number of aromatic nitrogens is 6. The molecule has 0 radical (unpaired) electrons. The number of nitrogens with zero attached hydrogens (tertiary/aromatic N) is 8. The maximum Gasteiger partial charge on any atom is 0.416 e. The molecule has 0 bridgehead atoms. The number of nitriles is 1. The Kier molecular flexibility index (Phi) is 8.34. The Bertz CT molecular complexity index is 1960. The average molecular weight is 618 g/mol. The number of hydrogen-bond donors (Lipinski definition) is 2. The Morgan fingerprint density at radius 2 is 1.82 bits per heavy atom.